The zero-order valence-electron chi connectivity index (χ0n) is 15.5. The van der Waals surface area contributed by atoms with Crippen LogP contribution in [0.3, 0.4) is 0 Å². The lowest BCUT2D eigenvalue weighted by molar-refractivity contribution is -0.141. The van der Waals surface area contributed by atoms with Crippen molar-refractivity contribution < 1.29 is 27.1 Å². The molecule has 1 aromatic carbocycles. The number of hydrogen-bond acceptors (Lipinski definition) is 4. The highest BCUT2D eigenvalue weighted by atomic mass is 19.4. The average Bonchev–Trinajstić information content (AvgIpc) is 2.86. The van der Waals surface area contributed by atoms with Crippen LogP contribution < -0.4 is 10.4 Å². The Morgan fingerprint density at radius 1 is 1.14 bits per heavy atom. The highest BCUT2D eigenvalue weighted by Crippen LogP contribution is 2.25. The smallest absolute Gasteiger partial charge is 0.406 e. The van der Waals surface area contributed by atoms with Crippen molar-refractivity contribution in [3.8, 4) is 5.75 Å². The number of ether oxygens (including phenoxy) is 1. The molecule has 0 aliphatic carbocycles. The molecule has 0 fully saturated rings. The maximum atomic E-state index is 12.7. The van der Waals surface area contributed by atoms with Gasteiger partial charge in [0.2, 0.25) is 5.78 Å². The summed E-state index contributed by atoms with van der Waals surface area (Å²) in [5.74, 6) is -0.119. The van der Waals surface area contributed by atoms with E-state index in [1.54, 1.807) is 19.1 Å². The van der Waals surface area contributed by atoms with Crippen LogP contribution in [0.5, 0.6) is 5.75 Å². The lowest BCUT2D eigenvalue weighted by Gasteiger charge is -2.12. The summed E-state index contributed by atoms with van der Waals surface area (Å²) in [6.07, 6.45) is -4.38. The van der Waals surface area contributed by atoms with Crippen LogP contribution in [0.1, 0.15) is 27.3 Å². The number of hydrogen-bond donors (Lipinski definition) is 0. The number of carbonyl (C=O) groups is 1. The summed E-state index contributed by atoms with van der Waals surface area (Å²) in [6.45, 7) is 3.27. The summed E-state index contributed by atoms with van der Waals surface area (Å²) >= 11 is 0. The molecule has 0 aliphatic rings. The number of aromatic nitrogens is 1. The molecular weight excluding hydrogens is 375 g/mol. The first-order valence-electron chi connectivity index (χ1n) is 8.49. The predicted molar refractivity (Wildman–Crippen MR) is 97.0 cm³/mol. The van der Waals surface area contributed by atoms with Gasteiger partial charge < -0.3 is 13.7 Å². The van der Waals surface area contributed by atoms with Crippen molar-refractivity contribution in [2.24, 2.45) is 0 Å². The van der Waals surface area contributed by atoms with Crippen molar-refractivity contribution >= 4 is 16.8 Å². The van der Waals surface area contributed by atoms with Gasteiger partial charge in [0, 0.05) is 34.5 Å². The van der Waals surface area contributed by atoms with Gasteiger partial charge >= 0.3 is 11.8 Å². The van der Waals surface area contributed by atoms with Crippen molar-refractivity contribution in [2.75, 3.05) is 6.61 Å². The number of benzene rings is 1. The number of nitrogens with zero attached hydrogens (tertiary/aromatic N) is 1. The molecular formula is C20H18F3NO4. The lowest BCUT2D eigenvalue weighted by Crippen LogP contribution is -2.20. The number of halogens is 3. The third-order valence-corrected chi connectivity index (χ3v) is 4.50. The standard InChI is InChI=1S/C20H18F3NO4/c1-11-6-19(26)28-18-8-14(4-5-15(11)18)27-9-17(25)16-7-12(2)24(13(16)3)10-20(21,22)23/h4-8H,9-10H2,1-3H3. The van der Waals surface area contributed by atoms with Crippen LogP contribution in [0.25, 0.3) is 11.0 Å². The summed E-state index contributed by atoms with van der Waals surface area (Å²) in [4.78, 5) is 23.9. The van der Waals surface area contributed by atoms with Crippen molar-refractivity contribution in [3.63, 3.8) is 0 Å². The Morgan fingerprint density at radius 2 is 1.86 bits per heavy atom. The van der Waals surface area contributed by atoms with Crippen molar-refractivity contribution in [1.82, 2.24) is 4.57 Å². The van der Waals surface area contributed by atoms with Gasteiger partial charge in [-0.05, 0) is 44.5 Å². The van der Waals surface area contributed by atoms with Gasteiger partial charge in [-0.15, -0.1) is 0 Å². The van der Waals surface area contributed by atoms with Crippen LogP contribution >= 0.6 is 0 Å². The third kappa shape index (κ3) is 4.11. The molecule has 0 saturated heterocycles. The van der Waals surface area contributed by atoms with E-state index in [0.717, 1.165) is 15.5 Å². The highest BCUT2D eigenvalue weighted by Gasteiger charge is 2.30. The minimum atomic E-state index is -4.38. The average molecular weight is 393 g/mol. The van der Waals surface area contributed by atoms with Crippen LogP contribution in [0.15, 0.2) is 39.5 Å². The van der Waals surface area contributed by atoms with Crippen LogP contribution in [-0.4, -0.2) is 23.1 Å². The van der Waals surface area contributed by atoms with Crippen molar-refractivity contribution in [2.45, 2.75) is 33.5 Å². The van der Waals surface area contributed by atoms with Gasteiger partial charge in [0.1, 0.15) is 17.9 Å². The first-order chi connectivity index (χ1) is 13.0. The number of aryl methyl sites for hydroxylation is 2. The molecule has 3 aromatic rings. The molecule has 0 atom stereocenters. The minimum absolute atomic E-state index is 0.185. The number of fused-ring (bicyclic) bond motifs is 1. The molecule has 3 rings (SSSR count). The minimum Gasteiger partial charge on any atom is -0.485 e. The van der Waals surface area contributed by atoms with Gasteiger partial charge in [0.15, 0.2) is 6.61 Å². The molecule has 0 unspecified atom stereocenters. The molecule has 0 aliphatic heterocycles. The molecule has 8 heteroatoms. The van der Waals surface area contributed by atoms with E-state index >= 15 is 0 Å². The quantitative estimate of drug-likeness (QED) is 0.478. The zero-order chi connectivity index (χ0) is 20.6. The summed E-state index contributed by atoms with van der Waals surface area (Å²) in [5, 5.41) is 0.744. The largest absolute Gasteiger partial charge is 0.485 e. The van der Waals surface area contributed by atoms with E-state index in [2.05, 4.69) is 0 Å². The lowest BCUT2D eigenvalue weighted by atomic mass is 10.1. The van der Waals surface area contributed by atoms with Gasteiger partial charge in [0.05, 0.1) is 0 Å². The number of Topliss-reactive ketones (excluding diaryl/α,β-unsaturated/α-hetero) is 1. The first kappa shape index (κ1) is 19.7. The molecule has 148 valence electrons. The normalized spacial score (nSPS) is 11.8. The van der Waals surface area contributed by atoms with Crippen LogP contribution in [0.2, 0.25) is 0 Å². The van der Waals surface area contributed by atoms with E-state index in [1.165, 1.54) is 32.0 Å². The topological polar surface area (TPSA) is 61.4 Å². The Bertz CT molecular complexity index is 1110. The number of alkyl halides is 3. The molecule has 0 radical (unpaired) electrons. The van der Waals surface area contributed by atoms with Gasteiger partial charge in [0.25, 0.3) is 0 Å². The fourth-order valence-electron chi connectivity index (χ4n) is 3.13. The second-order valence-electron chi connectivity index (χ2n) is 6.60. The molecule has 5 nitrogen and oxygen atoms in total. The number of ketones is 1. The van der Waals surface area contributed by atoms with Gasteiger partial charge in [-0.2, -0.15) is 13.2 Å². The molecule has 0 amide bonds. The van der Waals surface area contributed by atoms with Crippen LogP contribution in [0.4, 0.5) is 13.2 Å². The Morgan fingerprint density at radius 3 is 2.54 bits per heavy atom. The highest BCUT2D eigenvalue weighted by molar-refractivity contribution is 5.98. The summed E-state index contributed by atoms with van der Waals surface area (Å²) in [6, 6.07) is 7.65. The van der Waals surface area contributed by atoms with E-state index in [-0.39, 0.29) is 17.9 Å². The monoisotopic (exact) mass is 393 g/mol. The third-order valence-electron chi connectivity index (χ3n) is 4.50. The Hall–Kier alpha value is -3.03. The number of carbonyl (C=O) groups excluding carboxylic acids is 1. The van der Waals surface area contributed by atoms with Crippen LogP contribution in [0, 0.1) is 20.8 Å². The van der Waals surface area contributed by atoms with Crippen molar-refractivity contribution in [1.29, 1.82) is 0 Å². The van der Waals surface area contributed by atoms with E-state index in [4.69, 9.17) is 9.15 Å². The van der Waals surface area contributed by atoms with E-state index in [9.17, 15) is 22.8 Å². The predicted octanol–water partition coefficient (Wildman–Crippen LogP) is 4.34. The van der Waals surface area contributed by atoms with Gasteiger partial charge in [-0.1, -0.05) is 0 Å². The Labute approximate surface area is 158 Å². The van der Waals surface area contributed by atoms with E-state index < -0.39 is 24.1 Å². The van der Waals surface area contributed by atoms with E-state index in [0.29, 0.717) is 17.0 Å². The second kappa shape index (κ2) is 7.18. The molecule has 0 spiro atoms. The molecule has 2 aromatic heterocycles. The molecule has 28 heavy (non-hydrogen) atoms. The number of rotatable bonds is 5. The van der Waals surface area contributed by atoms with Gasteiger partial charge in [-0.3, -0.25) is 4.79 Å². The molecule has 0 bridgehead atoms. The fourth-order valence-corrected chi connectivity index (χ4v) is 3.13. The molecule has 2 heterocycles. The second-order valence-corrected chi connectivity index (χ2v) is 6.60. The van der Waals surface area contributed by atoms with Gasteiger partial charge in [-0.25, -0.2) is 4.79 Å². The zero-order valence-corrected chi connectivity index (χ0v) is 15.5. The molecule has 0 N–H and O–H groups in total. The molecule has 0 saturated carbocycles. The summed E-state index contributed by atoms with van der Waals surface area (Å²) in [5.41, 5.74) is 1.37. The Kier molecular flexibility index (Phi) is 5.06. The van der Waals surface area contributed by atoms with E-state index in [1.807, 2.05) is 0 Å². The SMILES string of the molecule is Cc1cc(=O)oc2cc(OCC(=O)c3cc(C)n(CC(F)(F)F)c3C)ccc12. The maximum absolute atomic E-state index is 12.7. The summed E-state index contributed by atoms with van der Waals surface area (Å²) in [7, 11) is 0. The van der Waals surface area contributed by atoms with Crippen LogP contribution in [-0.2, 0) is 6.54 Å². The maximum Gasteiger partial charge on any atom is 0.406 e. The fraction of sp³-hybridized carbons (Fsp3) is 0.300. The van der Waals surface area contributed by atoms with Crippen molar-refractivity contribution in [3.05, 3.63) is 63.3 Å². The first-order valence-corrected chi connectivity index (χ1v) is 8.49. The summed E-state index contributed by atoms with van der Waals surface area (Å²) < 4.78 is 49.8. The Balaban J connectivity index is 1.78.